The molecule has 1 N–H and O–H groups in total. The molecule has 1 aromatic carbocycles. The Morgan fingerprint density at radius 1 is 1.20 bits per heavy atom. The summed E-state index contributed by atoms with van der Waals surface area (Å²) < 4.78 is 1.94. The molecule has 0 spiro atoms. The minimum Gasteiger partial charge on any atom is -0.342 e. The van der Waals surface area contributed by atoms with E-state index < -0.39 is 0 Å². The number of hydrogen-bond donors (Lipinski definition) is 1. The van der Waals surface area contributed by atoms with E-state index in [0.717, 1.165) is 34.8 Å². The molecular formula is C19H22N4OS. The van der Waals surface area contributed by atoms with Gasteiger partial charge < -0.3 is 5.32 Å². The first-order valence-electron chi connectivity index (χ1n) is 8.26. The van der Waals surface area contributed by atoms with Crippen molar-refractivity contribution < 1.29 is 4.79 Å². The first kappa shape index (κ1) is 17.5. The van der Waals surface area contributed by atoms with Crippen molar-refractivity contribution in [2.45, 2.75) is 26.3 Å². The first-order valence-corrected chi connectivity index (χ1v) is 9.65. The van der Waals surface area contributed by atoms with E-state index in [-0.39, 0.29) is 11.9 Å². The highest BCUT2D eigenvalue weighted by atomic mass is 32.2. The predicted octanol–water partition coefficient (Wildman–Crippen LogP) is 3.57. The minimum absolute atomic E-state index is 0.0782. The fraction of sp³-hybridized carbons (Fsp3) is 0.316. The number of nitrogens with zero attached hydrogens (tertiary/aromatic N) is 3. The van der Waals surface area contributed by atoms with Gasteiger partial charge in [-0.15, -0.1) is 10.2 Å². The molecule has 3 rings (SSSR count). The van der Waals surface area contributed by atoms with Crippen molar-refractivity contribution in [2.75, 3.05) is 12.0 Å². The van der Waals surface area contributed by atoms with E-state index in [9.17, 15) is 4.79 Å². The second-order valence-electron chi connectivity index (χ2n) is 6.17. The lowest BCUT2D eigenvalue weighted by Crippen LogP contribution is -2.30. The number of fused-ring (bicyclic) bond motifs is 1. The van der Waals surface area contributed by atoms with Gasteiger partial charge in [-0.1, -0.05) is 23.3 Å². The summed E-state index contributed by atoms with van der Waals surface area (Å²) in [6.07, 6.45) is 4.79. The maximum atomic E-state index is 12.8. The molecule has 0 bridgehead atoms. The Kier molecular flexibility index (Phi) is 5.38. The molecule has 25 heavy (non-hydrogen) atoms. The Balaban J connectivity index is 1.89. The van der Waals surface area contributed by atoms with Gasteiger partial charge in [0, 0.05) is 11.8 Å². The highest BCUT2D eigenvalue weighted by Crippen LogP contribution is 2.19. The van der Waals surface area contributed by atoms with E-state index in [4.69, 9.17) is 0 Å². The van der Waals surface area contributed by atoms with Gasteiger partial charge in [0.2, 0.25) is 0 Å². The summed E-state index contributed by atoms with van der Waals surface area (Å²) in [6, 6.07) is 11.5. The number of rotatable bonds is 6. The zero-order chi connectivity index (χ0) is 17.8. The van der Waals surface area contributed by atoms with E-state index in [0.29, 0.717) is 5.56 Å². The van der Waals surface area contributed by atoms with Crippen LogP contribution in [0.3, 0.4) is 0 Å². The van der Waals surface area contributed by atoms with Crippen LogP contribution in [0.25, 0.3) is 5.65 Å². The summed E-state index contributed by atoms with van der Waals surface area (Å²) in [7, 11) is 0. The van der Waals surface area contributed by atoms with Gasteiger partial charge >= 0.3 is 0 Å². The normalized spacial score (nSPS) is 12.3. The Labute approximate surface area is 151 Å². The monoisotopic (exact) mass is 354 g/mol. The van der Waals surface area contributed by atoms with Crippen LogP contribution >= 0.6 is 11.8 Å². The third kappa shape index (κ3) is 4.02. The lowest BCUT2D eigenvalue weighted by atomic mass is 10.1. The van der Waals surface area contributed by atoms with Crippen molar-refractivity contribution in [1.82, 2.24) is 19.9 Å². The molecule has 5 nitrogen and oxygen atoms in total. The van der Waals surface area contributed by atoms with Crippen molar-refractivity contribution in [3.05, 3.63) is 65.1 Å². The Hall–Kier alpha value is -2.34. The largest absolute Gasteiger partial charge is 0.342 e. The van der Waals surface area contributed by atoms with Gasteiger partial charge in [-0.3, -0.25) is 9.20 Å². The molecule has 130 valence electrons. The maximum Gasteiger partial charge on any atom is 0.251 e. The van der Waals surface area contributed by atoms with Crippen LogP contribution in [-0.4, -0.2) is 32.5 Å². The molecule has 0 aliphatic rings. The number of carbonyl (C=O) groups excluding carboxylic acids is 1. The molecule has 2 heterocycles. The second-order valence-corrected chi connectivity index (χ2v) is 7.16. The number of carbonyl (C=O) groups is 1. The number of hydrogen-bond acceptors (Lipinski definition) is 4. The number of aryl methyl sites for hydroxylation is 2. The molecule has 0 aliphatic carbocycles. The quantitative estimate of drug-likeness (QED) is 0.735. The van der Waals surface area contributed by atoms with Crippen molar-refractivity contribution >= 4 is 23.3 Å². The van der Waals surface area contributed by atoms with E-state index in [2.05, 4.69) is 27.8 Å². The number of thioether (sulfide) groups is 1. The number of amides is 1. The SMILES string of the molecule is CSCCC(NC(=O)c1cc(C)cc(C)c1)c1nnc2ccccn12. The Bertz CT molecular complexity index is 870. The summed E-state index contributed by atoms with van der Waals surface area (Å²) in [5, 5.41) is 11.7. The van der Waals surface area contributed by atoms with Crippen molar-refractivity contribution in [3.8, 4) is 0 Å². The lowest BCUT2D eigenvalue weighted by Gasteiger charge is -2.17. The lowest BCUT2D eigenvalue weighted by molar-refractivity contribution is 0.0933. The summed E-state index contributed by atoms with van der Waals surface area (Å²) >= 11 is 1.75. The average Bonchev–Trinajstić information content (AvgIpc) is 3.01. The third-order valence-corrected chi connectivity index (χ3v) is 4.70. The molecule has 0 fully saturated rings. The van der Waals surface area contributed by atoms with Gasteiger partial charge in [0.15, 0.2) is 11.5 Å². The summed E-state index contributed by atoms with van der Waals surface area (Å²) in [5.41, 5.74) is 3.63. The van der Waals surface area contributed by atoms with Crippen molar-refractivity contribution in [3.63, 3.8) is 0 Å². The molecule has 1 unspecified atom stereocenters. The minimum atomic E-state index is -0.182. The van der Waals surface area contributed by atoms with Crippen molar-refractivity contribution in [1.29, 1.82) is 0 Å². The molecule has 0 saturated carbocycles. The molecular weight excluding hydrogens is 332 g/mol. The highest BCUT2D eigenvalue weighted by Gasteiger charge is 2.21. The molecule has 0 aliphatic heterocycles. The van der Waals surface area contributed by atoms with Gasteiger partial charge in [0.05, 0.1) is 6.04 Å². The number of aromatic nitrogens is 3. The van der Waals surface area contributed by atoms with E-state index >= 15 is 0 Å². The second kappa shape index (κ2) is 7.70. The number of pyridine rings is 1. The zero-order valence-electron chi connectivity index (χ0n) is 14.7. The summed E-state index contributed by atoms with van der Waals surface area (Å²) in [4.78, 5) is 12.8. The smallest absolute Gasteiger partial charge is 0.251 e. The standard InChI is InChI=1S/C19H22N4OS/c1-13-10-14(2)12-15(11-13)19(24)20-16(7-9-25-3)18-22-21-17-6-4-5-8-23(17)18/h4-6,8,10-12,16H,7,9H2,1-3H3,(H,20,24). The van der Waals surface area contributed by atoms with Gasteiger partial charge in [0.25, 0.3) is 5.91 Å². The molecule has 3 aromatic rings. The topological polar surface area (TPSA) is 59.3 Å². The van der Waals surface area contributed by atoms with Gasteiger partial charge in [-0.25, -0.2) is 0 Å². The third-order valence-electron chi connectivity index (χ3n) is 4.05. The average molecular weight is 354 g/mol. The van der Waals surface area contributed by atoms with Crippen LogP contribution in [0.2, 0.25) is 0 Å². The van der Waals surface area contributed by atoms with Crippen LogP contribution in [0.4, 0.5) is 0 Å². The summed E-state index contributed by atoms with van der Waals surface area (Å²) in [6.45, 7) is 4.00. The Morgan fingerprint density at radius 3 is 2.68 bits per heavy atom. The van der Waals surface area contributed by atoms with Crippen LogP contribution in [0.1, 0.15) is 39.8 Å². The van der Waals surface area contributed by atoms with Crippen LogP contribution in [0.5, 0.6) is 0 Å². The van der Waals surface area contributed by atoms with Gasteiger partial charge in [-0.05, 0) is 56.5 Å². The predicted molar refractivity (Wildman–Crippen MR) is 102 cm³/mol. The van der Waals surface area contributed by atoms with Crippen LogP contribution in [-0.2, 0) is 0 Å². The molecule has 1 amide bonds. The molecule has 0 radical (unpaired) electrons. The number of benzene rings is 1. The van der Waals surface area contributed by atoms with E-state index in [1.165, 1.54) is 0 Å². The van der Waals surface area contributed by atoms with Crippen molar-refractivity contribution in [2.24, 2.45) is 0 Å². The molecule has 2 aromatic heterocycles. The summed E-state index contributed by atoms with van der Waals surface area (Å²) in [5.74, 6) is 1.62. The fourth-order valence-corrected chi connectivity index (χ4v) is 3.42. The zero-order valence-corrected chi connectivity index (χ0v) is 15.5. The molecule has 1 atom stereocenters. The fourth-order valence-electron chi connectivity index (χ4n) is 2.95. The van der Waals surface area contributed by atoms with E-state index in [1.807, 2.05) is 54.8 Å². The molecule has 6 heteroatoms. The van der Waals surface area contributed by atoms with Gasteiger partial charge in [-0.2, -0.15) is 11.8 Å². The highest BCUT2D eigenvalue weighted by molar-refractivity contribution is 7.98. The van der Waals surface area contributed by atoms with Crippen LogP contribution in [0.15, 0.2) is 42.6 Å². The van der Waals surface area contributed by atoms with E-state index in [1.54, 1.807) is 11.8 Å². The number of nitrogens with one attached hydrogen (secondary N) is 1. The van der Waals surface area contributed by atoms with Gasteiger partial charge in [0.1, 0.15) is 0 Å². The van der Waals surface area contributed by atoms with Crippen LogP contribution in [0, 0.1) is 13.8 Å². The van der Waals surface area contributed by atoms with Crippen LogP contribution < -0.4 is 5.32 Å². The Morgan fingerprint density at radius 2 is 1.96 bits per heavy atom. The molecule has 0 saturated heterocycles. The first-order chi connectivity index (χ1) is 12.1. The maximum absolute atomic E-state index is 12.8.